The van der Waals surface area contributed by atoms with Crippen LogP contribution in [0.1, 0.15) is 11.0 Å². The highest BCUT2D eigenvalue weighted by molar-refractivity contribution is 7.10. The minimum atomic E-state index is -2.42. The minimum Gasteiger partial charge on any atom is -0.386 e. The van der Waals surface area contributed by atoms with Crippen molar-refractivity contribution in [2.75, 3.05) is 26.3 Å². The van der Waals surface area contributed by atoms with Gasteiger partial charge in [0.2, 0.25) is 0 Å². The third-order valence-electron chi connectivity index (χ3n) is 1.88. The van der Waals surface area contributed by atoms with Gasteiger partial charge in [0.15, 0.2) is 0 Å². The standard InChI is InChI=1S/C10H15F2NO2S/c11-10(12)7-15-4-3-13-6-8(14)9-2-1-5-16-9/h1-2,5,8,10,13-14H,3-4,6-7H2. The maximum Gasteiger partial charge on any atom is 0.261 e. The highest BCUT2D eigenvalue weighted by Crippen LogP contribution is 2.17. The number of hydrogen-bond acceptors (Lipinski definition) is 4. The minimum absolute atomic E-state index is 0.224. The SMILES string of the molecule is OC(CNCCOCC(F)F)c1cccs1. The average Bonchev–Trinajstić information content (AvgIpc) is 2.75. The predicted molar refractivity (Wildman–Crippen MR) is 59.0 cm³/mol. The van der Waals surface area contributed by atoms with E-state index in [-0.39, 0.29) is 6.61 Å². The topological polar surface area (TPSA) is 41.5 Å². The molecule has 0 fully saturated rings. The van der Waals surface area contributed by atoms with Crippen LogP contribution in [0.5, 0.6) is 0 Å². The molecule has 16 heavy (non-hydrogen) atoms. The number of halogens is 2. The van der Waals surface area contributed by atoms with Crippen LogP contribution >= 0.6 is 11.3 Å². The summed E-state index contributed by atoms with van der Waals surface area (Å²) in [6, 6.07) is 3.72. The molecule has 3 nitrogen and oxygen atoms in total. The first-order chi connectivity index (χ1) is 7.70. The number of alkyl halides is 2. The number of ether oxygens (including phenoxy) is 1. The van der Waals surface area contributed by atoms with E-state index in [1.54, 1.807) is 0 Å². The Morgan fingerprint density at radius 1 is 1.50 bits per heavy atom. The second kappa shape index (κ2) is 7.67. The molecular formula is C10H15F2NO2S. The van der Waals surface area contributed by atoms with E-state index in [1.807, 2.05) is 17.5 Å². The van der Waals surface area contributed by atoms with Crippen molar-refractivity contribution in [3.63, 3.8) is 0 Å². The van der Waals surface area contributed by atoms with Gasteiger partial charge in [-0.15, -0.1) is 11.3 Å². The van der Waals surface area contributed by atoms with Crippen LogP contribution in [0.15, 0.2) is 17.5 Å². The Morgan fingerprint density at radius 3 is 2.94 bits per heavy atom. The lowest BCUT2D eigenvalue weighted by atomic mass is 10.3. The molecule has 1 unspecified atom stereocenters. The first-order valence-corrected chi connectivity index (χ1v) is 5.86. The fourth-order valence-electron chi connectivity index (χ4n) is 1.14. The van der Waals surface area contributed by atoms with E-state index in [9.17, 15) is 13.9 Å². The van der Waals surface area contributed by atoms with Gasteiger partial charge in [-0.3, -0.25) is 0 Å². The molecule has 1 atom stereocenters. The van der Waals surface area contributed by atoms with Crippen LogP contribution in [-0.4, -0.2) is 37.8 Å². The molecule has 1 aromatic heterocycles. The van der Waals surface area contributed by atoms with Crippen LogP contribution in [-0.2, 0) is 4.74 Å². The number of nitrogens with one attached hydrogen (secondary N) is 1. The maximum atomic E-state index is 11.7. The summed E-state index contributed by atoms with van der Waals surface area (Å²) in [6.45, 7) is 0.546. The summed E-state index contributed by atoms with van der Waals surface area (Å²) in [6.07, 6.45) is -2.97. The molecule has 0 aliphatic heterocycles. The molecular weight excluding hydrogens is 236 g/mol. The Bertz CT molecular complexity index is 270. The van der Waals surface area contributed by atoms with Crippen LogP contribution in [0.3, 0.4) is 0 Å². The van der Waals surface area contributed by atoms with Gasteiger partial charge in [-0.2, -0.15) is 0 Å². The second-order valence-corrected chi connectivity index (χ2v) is 4.18. The molecule has 1 rings (SSSR count). The van der Waals surface area contributed by atoms with Crippen LogP contribution in [0.4, 0.5) is 8.78 Å². The van der Waals surface area contributed by atoms with Crippen molar-refractivity contribution in [3.05, 3.63) is 22.4 Å². The van der Waals surface area contributed by atoms with Gasteiger partial charge in [0.25, 0.3) is 6.43 Å². The largest absolute Gasteiger partial charge is 0.386 e. The lowest BCUT2D eigenvalue weighted by Gasteiger charge is -2.10. The van der Waals surface area contributed by atoms with E-state index < -0.39 is 19.1 Å². The van der Waals surface area contributed by atoms with Gasteiger partial charge in [-0.1, -0.05) is 6.07 Å². The number of thiophene rings is 1. The number of hydrogen-bond donors (Lipinski definition) is 2. The summed E-state index contributed by atoms with van der Waals surface area (Å²) in [5, 5.41) is 14.5. The van der Waals surface area contributed by atoms with Crippen molar-refractivity contribution in [2.45, 2.75) is 12.5 Å². The van der Waals surface area contributed by atoms with Crippen molar-refractivity contribution in [1.82, 2.24) is 5.32 Å². The zero-order valence-corrected chi connectivity index (χ0v) is 9.55. The molecule has 92 valence electrons. The second-order valence-electron chi connectivity index (χ2n) is 3.20. The number of aliphatic hydroxyl groups excluding tert-OH is 1. The van der Waals surface area contributed by atoms with Crippen molar-refractivity contribution in [1.29, 1.82) is 0 Å². The number of rotatable bonds is 8. The fourth-order valence-corrected chi connectivity index (χ4v) is 1.85. The smallest absolute Gasteiger partial charge is 0.261 e. The van der Waals surface area contributed by atoms with E-state index in [0.717, 1.165) is 4.88 Å². The Hall–Kier alpha value is -0.560. The van der Waals surface area contributed by atoms with E-state index in [0.29, 0.717) is 13.1 Å². The monoisotopic (exact) mass is 251 g/mol. The summed E-state index contributed by atoms with van der Waals surface area (Å²) in [5.41, 5.74) is 0. The Labute approximate surface area is 97.1 Å². The average molecular weight is 251 g/mol. The molecule has 6 heteroatoms. The van der Waals surface area contributed by atoms with Crippen LogP contribution in [0.2, 0.25) is 0 Å². The zero-order chi connectivity index (χ0) is 11.8. The highest BCUT2D eigenvalue weighted by Gasteiger charge is 2.07. The van der Waals surface area contributed by atoms with Gasteiger partial charge < -0.3 is 15.2 Å². The maximum absolute atomic E-state index is 11.7. The van der Waals surface area contributed by atoms with Gasteiger partial charge >= 0.3 is 0 Å². The van der Waals surface area contributed by atoms with E-state index in [1.165, 1.54) is 11.3 Å². The van der Waals surface area contributed by atoms with Gasteiger partial charge in [0, 0.05) is 18.0 Å². The lowest BCUT2D eigenvalue weighted by Crippen LogP contribution is -2.25. The first kappa shape index (κ1) is 13.5. The van der Waals surface area contributed by atoms with E-state index in [2.05, 4.69) is 10.1 Å². The van der Waals surface area contributed by atoms with Crippen molar-refractivity contribution in [3.8, 4) is 0 Å². The zero-order valence-electron chi connectivity index (χ0n) is 8.73. The summed E-state index contributed by atoms with van der Waals surface area (Å²) >= 11 is 1.48. The van der Waals surface area contributed by atoms with E-state index in [4.69, 9.17) is 0 Å². The molecule has 0 saturated carbocycles. The molecule has 1 aromatic rings. The Balaban J connectivity index is 1.99. The summed E-state index contributed by atoms with van der Waals surface area (Å²) in [5.74, 6) is 0. The summed E-state index contributed by atoms with van der Waals surface area (Å²) in [4.78, 5) is 0.890. The third kappa shape index (κ3) is 5.50. The van der Waals surface area contributed by atoms with Crippen molar-refractivity contribution >= 4 is 11.3 Å². The molecule has 0 spiro atoms. The molecule has 1 heterocycles. The molecule has 0 amide bonds. The number of aliphatic hydroxyl groups is 1. The van der Waals surface area contributed by atoms with Gasteiger partial charge in [-0.25, -0.2) is 8.78 Å². The molecule has 0 bridgehead atoms. The predicted octanol–water partition coefficient (Wildman–Crippen LogP) is 1.65. The molecule has 0 radical (unpaired) electrons. The molecule has 2 N–H and O–H groups in total. The first-order valence-electron chi connectivity index (χ1n) is 4.98. The van der Waals surface area contributed by atoms with Gasteiger partial charge in [-0.05, 0) is 11.4 Å². The van der Waals surface area contributed by atoms with Crippen molar-refractivity contribution in [2.24, 2.45) is 0 Å². The van der Waals surface area contributed by atoms with Gasteiger partial charge in [0.1, 0.15) is 12.7 Å². The van der Waals surface area contributed by atoms with Crippen LogP contribution in [0, 0.1) is 0 Å². The molecule has 0 aliphatic rings. The fraction of sp³-hybridized carbons (Fsp3) is 0.600. The third-order valence-corrected chi connectivity index (χ3v) is 2.85. The van der Waals surface area contributed by atoms with Gasteiger partial charge in [0.05, 0.1) is 6.61 Å². The Morgan fingerprint density at radius 2 is 2.31 bits per heavy atom. The lowest BCUT2D eigenvalue weighted by molar-refractivity contribution is 0.0181. The quantitative estimate of drug-likeness (QED) is 0.690. The summed E-state index contributed by atoms with van der Waals surface area (Å²) in [7, 11) is 0. The molecule has 0 aliphatic carbocycles. The molecule has 0 saturated heterocycles. The summed E-state index contributed by atoms with van der Waals surface area (Å²) < 4.78 is 28.0. The van der Waals surface area contributed by atoms with Crippen LogP contribution in [0.25, 0.3) is 0 Å². The van der Waals surface area contributed by atoms with E-state index >= 15 is 0 Å². The Kier molecular flexibility index (Phi) is 6.47. The van der Waals surface area contributed by atoms with Crippen LogP contribution < -0.4 is 5.32 Å². The van der Waals surface area contributed by atoms with Crippen molar-refractivity contribution < 1.29 is 18.6 Å². The normalized spacial score (nSPS) is 13.2. The highest BCUT2D eigenvalue weighted by atomic mass is 32.1. The molecule has 0 aromatic carbocycles.